The lowest BCUT2D eigenvalue weighted by molar-refractivity contribution is 0.403. The van der Waals surface area contributed by atoms with Crippen molar-refractivity contribution >= 4 is 24.2 Å². The fraction of sp³-hybridized carbons (Fsp3) is 0.250. The quantitative estimate of drug-likeness (QED) is 0.677. The van der Waals surface area contributed by atoms with E-state index in [1.54, 1.807) is 12.1 Å². The molecule has 0 aliphatic carbocycles. The van der Waals surface area contributed by atoms with Crippen LogP contribution in [0.2, 0.25) is 5.02 Å². The van der Waals surface area contributed by atoms with Crippen molar-refractivity contribution in [3.63, 3.8) is 0 Å². The van der Waals surface area contributed by atoms with Crippen molar-refractivity contribution in [1.29, 1.82) is 0 Å². The van der Waals surface area contributed by atoms with E-state index in [2.05, 4.69) is 0 Å². The summed E-state index contributed by atoms with van der Waals surface area (Å²) < 4.78 is 4.94. The lowest BCUT2D eigenvalue weighted by Gasteiger charge is -2.10. The third kappa shape index (κ3) is 2.15. The second kappa shape index (κ2) is 4.00. The average molecular weight is 200 g/mol. The van der Waals surface area contributed by atoms with Gasteiger partial charge in [-0.3, -0.25) is 0 Å². The van der Waals surface area contributed by atoms with Gasteiger partial charge in [0.2, 0.25) is 0 Å². The Bertz CT molecular complexity index is 315. The zero-order valence-electron chi connectivity index (χ0n) is 7.41. The van der Waals surface area contributed by atoms with Gasteiger partial charge in [-0.2, -0.15) is 0 Å². The molecular formula is C8H10BClO3. The van der Waals surface area contributed by atoms with Crippen LogP contribution in [0.1, 0.15) is 5.56 Å². The van der Waals surface area contributed by atoms with Crippen molar-refractivity contribution in [2.24, 2.45) is 0 Å². The Hall–Kier alpha value is -0.705. The van der Waals surface area contributed by atoms with Crippen LogP contribution in [-0.4, -0.2) is 24.3 Å². The number of halogens is 1. The maximum Gasteiger partial charge on any atom is 0.492 e. The molecule has 3 nitrogen and oxygen atoms in total. The standard InChI is InChI=1S/C8H10BClO3/c1-5-3-6(9(11)12)8(13-2)7(10)4-5/h3-4,11-12H,1-2H3. The van der Waals surface area contributed by atoms with Crippen LogP contribution in [0.25, 0.3) is 0 Å². The molecule has 0 radical (unpaired) electrons. The van der Waals surface area contributed by atoms with Gasteiger partial charge in [-0.05, 0) is 18.6 Å². The van der Waals surface area contributed by atoms with E-state index in [1.165, 1.54) is 7.11 Å². The van der Waals surface area contributed by atoms with E-state index >= 15 is 0 Å². The number of ether oxygens (including phenoxy) is 1. The van der Waals surface area contributed by atoms with Gasteiger partial charge in [0, 0.05) is 5.46 Å². The fourth-order valence-electron chi connectivity index (χ4n) is 1.16. The third-order valence-corrected chi connectivity index (χ3v) is 1.98. The molecule has 1 rings (SSSR count). The molecule has 2 N–H and O–H groups in total. The lowest BCUT2D eigenvalue weighted by Crippen LogP contribution is -2.31. The normalized spacial score (nSPS) is 9.92. The molecular weight excluding hydrogens is 190 g/mol. The molecule has 0 aliphatic rings. The second-order valence-corrected chi connectivity index (χ2v) is 3.15. The van der Waals surface area contributed by atoms with E-state index in [0.29, 0.717) is 10.8 Å². The van der Waals surface area contributed by atoms with Crippen LogP contribution in [0.5, 0.6) is 5.75 Å². The summed E-state index contributed by atoms with van der Waals surface area (Å²) in [6, 6.07) is 3.32. The van der Waals surface area contributed by atoms with Crippen molar-refractivity contribution in [2.75, 3.05) is 7.11 Å². The third-order valence-electron chi connectivity index (χ3n) is 1.70. The van der Waals surface area contributed by atoms with E-state index in [0.717, 1.165) is 5.56 Å². The molecule has 0 saturated carbocycles. The fourth-order valence-corrected chi connectivity index (χ4v) is 1.52. The smallest absolute Gasteiger partial charge is 0.492 e. The summed E-state index contributed by atoms with van der Waals surface area (Å²) in [6.07, 6.45) is 0. The summed E-state index contributed by atoms with van der Waals surface area (Å²) in [5.41, 5.74) is 1.14. The topological polar surface area (TPSA) is 49.7 Å². The largest absolute Gasteiger partial charge is 0.496 e. The SMILES string of the molecule is COc1c(Cl)cc(C)cc1B(O)O. The number of rotatable bonds is 2. The van der Waals surface area contributed by atoms with Gasteiger partial charge in [-0.1, -0.05) is 17.7 Å². The first-order valence-corrected chi connectivity index (χ1v) is 4.14. The summed E-state index contributed by atoms with van der Waals surface area (Å²) in [6.45, 7) is 1.82. The van der Waals surface area contributed by atoms with Crippen molar-refractivity contribution in [3.05, 3.63) is 22.7 Å². The molecule has 0 saturated heterocycles. The molecule has 0 amide bonds. The van der Waals surface area contributed by atoms with Gasteiger partial charge >= 0.3 is 7.12 Å². The summed E-state index contributed by atoms with van der Waals surface area (Å²) in [7, 11) is -0.130. The number of aryl methyl sites for hydroxylation is 1. The zero-order valence-corrected chi connectivity index (χ0v) is 8.17. The van der Waals surface area contributed by atoms with E-state index in [4.69, 9.17) is 26.4 Å². The second-order valence-electron chi connectivity index (χ2n) is 2.74. The summed E-state index contributed by atoms with van der Waals surface area (Å²) in [4.78, 5) is 0. The summed E-state index contributed by atoms with van der Waals surface area (Å²) in [5, 5.41) is 18.4. The highest BCUT2D eigenvalue weighted by Gasteiger charge is 2.19. The molecule has 1 aromatic rings. The van der Waals surface area contributed by atoms with Crippen molar-refractivity contribution in [2.45, 2.75) is 6.92 Å². The molecule has 0 bridgehead atoms. The Morgan fingerprint density at radius 2 is 2.00 bits per heavy atom. The molecule has 0 fully saturated rings. The highest BCUT2D eigenvalue weighted by molar-refractivity contribution is 6.60. The molecule has 1 aromatic carbocycles. The molecule has 0 heterocycles. The van der Waals surface area contributed by atoms with Crippen LogP contribution in [0, 0.1) is 6.92 Å². The van der Waals surface area contributed by atoms with Crippen LogP contribution >= 0.6 is 11.6 Å². The van der Waals surface area contributed by atoms with Crippen molar-refractivity contribution in [3.8, 4) is 5.75 Å². The predicted octanol–water partition coefficient (Wildman–Crippen LogP) is 0.337. The van der Waals surface area contributed by atoms with Crippen LogP contribution < -0.4 is 10.2 Å². The molecule has 70 valence electrons. The lowest BCUT2D eigenvalue weighted by atomic mass is 9.79. The van der Waals surface area contributed by atoms with Gasteiger partial charge in [0.25, 0.3) is 0 Å². The maximum absolute atomic E-state index is 9.00. The monoisotopic (exact) mass is 200 g/mol. The van der Waals surface area contributed by atoms with Gasteiger partial charge < -0.3 is 14.8 Å². The number of methoxy groups -OCH3 is 1. The van der Waals surface area contributed by atoms with E-state index in [9.17, 15) is 0 Å². The van der Waals surface area contributed by atoms with Gasteiger partial charge in [0.15, 0.2) is 0 Å². The van der Waals surface area contributed by atoms with E-state index in [1.807, 2.05) is 6.92 Å². The highest BCUT2D eigenvalue weighted by Crippen LogP contribution is 2.23. The Morgan fingerprint density at radius 1 is 1.38 bits per heavy atom. The van der Waals surface area contributed by atoms with Gasteiger partial charge in [0.1, 0.15) is 5.75 Å². The molecule has 0 aliphatic heterocycles. The average Bonchev–Trinajstić information content (AvgIpc) is 2.02. The molecule has 13 heavy (non-hydrogen) atoms. The van der Waals surface area contributed by atoms with Crippen molar-refractivity contribution in [1.82, 2.24) is 0 Å². The molecule has 0 atom stereocenters. The Balaban J connectivity index is 3.29. The summed E-state index contributed by atoms with van der Waals surface area (Å²) >= 11 is 5.83. The van der Waals surface area contributed by atoms with Crippen LogP contribution in [0.4, 0.5) is 0 Å². The van der Waals surface area contributed by atoms with Gasteiger partial charge in [-0.15, -0.1) is 0 Å². The van der Waals surface area contributed by atoms with E-state index in [-0.39, 0.29) is 5.46 Å². The molecule has 5 heteroatoms. The van der Waals surface area contributed by atoms with E-state index < -0.39 is 7.12 Å². The minimum absolute atomic E-state index is 0.285. The Morgan fingerprint density at radius 3 is 2.46 bits per heavy atom. The number of hydrogen-bond acceptors (Lipinski definition) is 3. The minimum Gasteiger partial charge on any atom is -0.496 e. The zero-order chi connectivity index (χ0) is 10.0. The minimum atomic E-state index is -1.56. The summed E-state index contributed by atoms with van der Waals surface area (Å²) in [5.74, 6) is 0.308. The van der Waals surface area contributed by atoms with Crippen LogP contribution in [-0.2, 0) is 0 Å². The maximum atomic E-state index is 9.00. The number of benzene rings is 1. The Kier molecular flexibility index (Phi) is 3.19. The van der Waals surface area contributed by atoms with Crippen molar-refractivity contribution < 1.29 is 14.8 Å². The molecule has 0 unspecified atom stereocenters. The number of hydrogen-bond donors (Lipinski definition) is 2. The molecule has 0 aromatic heterocycles. The van der Waals surface area contributed by atoms with Gasteiger partial charge in [0.05, 0.1) is 12.1 Å². The van der Waals surface area contributed by atoms with Crippen LogP contribution in [0.15, 0.2) is 12.1 Å². The predicted molar refractivity (Wildman–Crippen MR) is 52.6 cm³/mol. The highest BCUT2D eigenvalue weighted by atomic mass is 35.5. The van der Waals surface area contributed by atoms with Crippen LogP contribution in [0.3, 0.4) is 0 Å². The first-order valence-electron chi connectivity index (χ1n) is 3.76. The first-order chi connectivity index (χ1) is 6.06. The van der Waals surface area contributed by atoms with Gasteiger partial charge in [-0.25, -0.2) is 0 Å². The Labute approximate surface area is 82.1 Å². The first kappa shape index (κ1) is 10.4. The molecule has 0 spiro atoms.